The fourth-order valence-corrected chi connectivity index (χ4v) is 1.81. The fourth-order valence-electron chi connectivity index (χ4n) is 1.81. The van der Waals surface area contributed by atoms with E-state index in [9.17, 15) is 0 Å². The number of nitrogens with zero attached hydrogens (tertiary/aromatic N) is 2. The minimum atomic E-state index is 0.182. The molecule has 0 spiro atoms. The third-order valence-corrected chi connectivity index (χ3v) is 2.42. The molecular weight excluding hydrogens is 228 g/mol. The number of aromatic nitrogens is 2. The van der Waals surface area contributed by atoms with Crippen LogP contribution in [0.3, 0.4) is 0 Å². The van der Waals surface area contributed by atoms with Crippen LogP contribution >= 0.6 is 0 Å². The molecule has 94 valence electrons. The summed E-state index contributed by atoms with van der Waals surface area (Å²) in [7, 11) is 1.54. The molecule has 18 heavy (non-hydrogen) atoms. The third kappa shape index (κ3) is 2.88. The number of hydrogen-bond acceptors (Lipinski definition) is 5. The molecule has 0 aliphatic rings. The van der Waals surface area contributed by atoms with Gasteiger partial charge in [0.1, 0.15) is 5.82 Å². The van der Waals surface area contributed by atoms with E-state index in [2.05, 4.69) is 21.4 Å². The highest BCUT2D eigenvalue weighted by Gasteiger charge is 2.03. The number of nitrogens with one attached hydrogen (secondary N) is 1. The summed E-state index contributed by atoms with van der Waals surface area (Å²) in [5.41, 5.74) is 8.94. The molecule has 3 N–H and O–H groups in total. The van der Waals surface area contributed by atoms with E-state index in [0.717, 1.165) is 5.69 Å². The van der Waals surface area contributed by atoms with E-state index in [-0.39, 0.29) is 5.95 Å². The largest absolute Gasteiger partial charge is 0.481 e. The zero-order valence-electron chi connectivity index (χ0n) is 10.7. The summed E-state index contributed by atoms with van der Waals surface area (Å²) >= 11 is 0. The van der Waals surface area contributed by atoms with Gasteiger partial charge in [-0.05, 0) is 37.1 Å². The van der Waals surface area contributed by atoms with Crippen LogP contribution in [-0.2, 0) is 0 Å². The average molecular weight is 244 g/mol. The highest BCUT2D eigenvalue weighted by Crippen LogP contribution is 2.21. The summed E-state index contributed by atoms with van der Waals surface area (Å²) in [4.78, 5) is 8.05. The lowest BCUT2D eigenvalue weighted by Crippen LogP contribution is -2.02. The summed E-state index contributed by atoms with van der Waals surface area (Å²) in [5.74, 6) is 1.24. The molecule has 1 aromatic carbocycles. The van der Waals surface area contributed by atoms with Gasteiger partial charge in [0.25, 0.3) is 0 Å². The van der Waals surface area contributed by atoms with E-state index in [1.165, 1.54) is 11.1 Å². The number of rotatable bonds is 3. The summed E-state index contributed by atoms with van der Waals surface area (Å²) in [6, 6.07) is 7.89. The van der Waals surface area contributed by atoms with Crippen molar-refractivity contribution in [2.45, 2.75) is 13.8 Å². The van der Waals surface area contributed by atoms with Crippen LogP contribution in [-0.4, -0.2) is 17.1 Å². The van der Waals surface area contributed by atoms with Crippen molar-refractivity contribution in [3.8, 4) is 5.88 Å². The van der Waals surface area contributed by atoms with Gasteiger partial charge in [-0.15, -0.1) is 0 Å². The minimum absolute atomic E-state index is 0.182. The van der Waals surface area contributed by atoms with Gasteiger partial charge < -0.3 is 15.8 Å². The lowest BCUT2D eigenvalue weighted by molar-refractivity contribution is 0.398. The van der Waals surface area contributed by atoms with Crippen LogP contribution in [0.1, 0.15) is 11.1 Å². The van der Waals surface area contributed by atoms with Crippen LogP contribution in [0.15, 0.2) is 24.3 Å². The Morgan fingerprint density at radius 1 is 1.06 bits per heavy atom. The minimum Gasteiger partial charge on any atom is -0.481 e. The second kappa shape index (κ2) is 4.91. The second-order valence-electron chi connectivity index (χ2n) is 4.16. The number of aryl methyl sites for hydroxylation is 2. The predicted molar refractivity (Wildman–Crippen MR) is 72.2 cm³/mol. The van der Waals surface area contributed by atoms with Crippen molar-refractivity contribution < 1.29 is 4.74 Å². The second-order valence-corrected chi connectivity index (χ2v) is 4.16. The van der Waals surface area contributed by atoms with Gasteiger partial charge in [-0.25, -0.2) is 0 Å². The number of nitrogen functional groups attached to an aromatic ring is 1. The number of methoxy groups -OCH3 is 1. The van der Waals surface area contributed by atoms with Gasteiger partial charge in [-0.1, -0.05) is 6.07 Å². The SMILES string of the molecule is COc1cc(Nc2cc(C)cc(C)c2)nc(N)n1. The first-order valence-electron chi connectivity index (χ1n) is 5.60. The van der Waals surface area contributed by atoms with Crippen molar-refractivity contribution in [2.24, 2.45) is 0 Å². The Morgan fingerprint density at radius 3 is 2.33 bits per heavy atom. The molecule has 1 aromatic heterocycles. The number of hydrogen-bond donors (Lipinski definition) is 2. The molecule has 5 heteroatoms. The summed E-state index contributed by atoms with van der Waals surface area (Å²) in [6.45, 7) is 4.10. The maximum Gasteiger partial charge on any atom is 0.225 e. The lowest BCUT2D eigenvalue weighted by atomic mass is 10.1. The molecule has 0 saturated carbocycles. The van der Waals surface area contributed by atoms with Crippen molar-refractivity contribution in [3.63, 3.8) is 0 Å². The Balaban J connectivity index is 2.30. The first kappa shape index (κ1) is 12.2. The molecule has 0 fully saturated rings. The van der Waals surface area contributed by atoms with E-state index < -0.39 is 0 Å². The molecule has 2 aromatic rings. The van der Waals surface area contributed by atoms with E-state index in [0.29, 0.717) is 11.7 Å². The summed E-state index contributed by atoms with van der Waals surface area (Å²) in [6.07, 6.45) is 0. The molecule has 0 aliphatic heterocycles. The molecule has 2 rings (SSSR count). The van der Waals surface area contributed by atoms with Gasteiger partial charge >= 0.3 is 0 Å². The molecule has 5 nitrogen and oxygen atoms in total. The standard InChI is InChI=1S/C13H16N4O/c1-8-4-9(2)6-10(5-8)15-11-7-12(18-3)17-13(14)16-11/h4-7H,1-3H3,(H3,14,15,16,17). The van der Waals surface area contributed by atoms with Gasteiger partial charge in [-0.2, -0.15) is 9.97 Å². The smallest absolute Gasteiger partial charge is 0.225 e. The van der Waals surface area contributed by atoms with Crippen molar-refractivity contribution in [2.75, 3.05) is 18.2 Å². The van der Waals surface area contributed by atoms with Crippen LogP contribution in [0.4, 0.5) is 17.5 Å². The highest BCUT2D eigenvalue weighted by molar-refractivity contribution is 5.59. The van der Waals surface area contributed by atoms with Crippen LogP contribution in [0.2, 0.25) is 0 Å². The Kier molecular flexibility index (Phi) is 3.32. The topological polar surface area (TPSA) is 73.1 Å². The van der Waals surface area contributed by atoms with Crippen LogP contribution in [0.5, 0.6) is 5.88 Å². The predicted octanol–water partition coefficient (Wildman–Crippen LogP) is 2.43. The Hall–Kier alpha value is -2.30. The third-order valence-electron chi connectivity index (χ3n) is 2.42. The maximum atomic E-state index is 5.61. The zero-order chi connectivity index (χ0) is 13.1. The Morgan fingerprint density at radius 2 is 1.72 bits per heavy atom. The fraction of sp³-hybridized carbons (Fsp3) is 0.231. The van der Waals surface area contributed by atoms with Gasteiger partial charge in [0.15, 0.2) is 0 Å². The van der Waals surface area contributed by atoms with Gasteiger partial charge in [0.2, 0.25) is 11.8 Å². The molecular formula is C13H16N4O. The molecule has 0 amide bonds. The van der Waals surface area contributed by atoms with Crippen molar-refractivity contribution in [3.05, 3.63) is 35.4 Å². The Bertz CT molecular complexity index is 549. The van der Waals surface area contributed by atoms with Crippen molar-refractivity contribution in [1.29, 1.82) is 0 Å². The van der Waals surface area contributed by atoms with E-state index >= 15 is 0 Å². The highest BCUT2D eigenvalue weighted by atomic mass is 16.5. The van der Waals surface area contributed by atoms with Crippen molar-refractivity contribution in [1.82, 2.24) is 9.97 Å². The summed E-state index contributed by atoms with van der Waals surface area (Å²) < 4.78 is 5.05. The van der Waals surface area contributed by atoms with Crippen LogP contribution < -0.4 is 15.8 Å². The number of nitrogens with two attached hydrogens (primary N) is 1. The van der Waals surface area contributed by atoms with Crippen LogP contribution in [0, 0.1) is 13.8 Å². The number of anilines is 3. The monoisotopic (exact) mass is 244 g/mol. The van der Waals surface area contributed by atoms with E-state index in [1.807, 2.05) is 26.0 Å². The molecule has 0 atom stereocenters. The zero-order valence-corrected chi connectivity index (χ0v) is 10.7. The number of benzene rings is 1. The quantitative estimate of drug-likeness (QED) is 0.867. The Labute approximate surface area is 106 Å². The molecule has 0 saturated heterocycles. The molecule has 1 heterocycles. The molecule has 0 bridgehead atoms. The normalized spacial score (nSPS) is 10.2. The molecule has 0 aliphatic carbocycles. The molecule has 0 unspecified atom stereocenters. The summed E-state index contributed by atoms with van der Waals surface area (Å²) in [5, 5.41) is 3.19. The van der Waals surface area contributed by atoms with Crippen molar-refractivity contribution >= 4 is 17.5 Å². The number of ether oxygens (including phenoxy) is 1. The van der Waals surface area contributed by atoms with Gasteiger partial charge in [0.05, 0.1) is 7.11 Å². The first-order valence-corrected chi connectivity index (χ1v) is 5.60. The van der Waals surface area contributed by atoms with E-state index in [1.54, 1.807) is 13.2 Å². The van der Waals surface area contributed by atoms with Crippen LogP contribution in [0.25, 0.3) is 0 Å². The average Bonchev–Trinajstić information content (AvgIpc) is 2.26. The van der Waals surface area contributed by atoms with E-state index in [4.69, 9.17) is 10.5 Å². The maximum absolute atomic E-state index is 5.61. The molecule has 0 radical (unpaired) electrons. The van der Waals surface area contributed by atoms with Gasteiger partial charge in [-0.3, -0.25) is 0 Å². The first-order chi connectivity index (χ1) is 8.56. The van der Waals surface area contributed by atoms with Gasteiger partial charge in [0, 0.05) is 11.8 Å². The lowest BCUT2D eigenvalue weighted by Gasteiger charge is -2.09.